The lowest BCUT2D eigenvalue weighted by atomic mass is 9.91. The number of hydrogen-bond acceptors (Lipinski definition) is 2. The van der Waals surface area contributed by atoms with E-state index >= 15 is 0 Å². The summed E-state index contributed by atoms with van der Waals surface area (Å²) in [6.45, 7) is 3.51. The first kappa shape index (κ1) is 17.6. The number of carbonyl (C=O) groups excluding carboxylic acids is 1. The summed E-state index contributed by atoms with van der Waals surface area (Å²) in [5.41, 5.74) is 1.03. The second-order valence-electron chi connectivity index (χ2n) is 5.29. The lowest BCUT2D eigenvalue weighted by molar-refractivity contribution is -0.121. The number of hydrogen-bond donors (Lipinski definition) is 1. The molecule has 1 amide bonds. The maximum atomic E-state index is 13.0. The fourth-order valence-corrected chi connectivity index (χ4v) is 2.37. The van der Waals surface area contributed by atoms with Crippen molar-refractivity contribution in [2.45, 2.75) is 44.9 Å². The highest BCUT2D eigenvalue weighted by atomic mass is 19.1. The molecule has 3 nitrogen and oxygen atoms in total. The summed E-state index contributed by atoms with van der Waals surface area (Å²) in [5, 5.41) is 2.94. The van der Waals surface area contributed by atoms with E-state index in [1.807, 2.05) is 0 Å². The van der Waals surface area contributed by atoms with Crippen molar-refractivity contribution in [3.63, 3.8) is 0 Å². The normalized spacial score (nSPS) is 12.1. The van der Waals surface area contributed by atoms with E-state index in [9.17, 15) is 9.18 Å². The van der Waals surface area contributed by atoms with Crippen LogP contribution in [0.3, 0.4) is 0 Å². The molecule has 21 heavy (non-hydrogen) atoms. The maximum Gasteiger partial charge on any atom is 0.220 e. The number of carbonyl (C=O) groups is 1. The van der Waals surface area contributed by atoms with Crippen molar-refractivity contribution in [1.29, 1.82) is 0 Å². The second-order valence-corrected chi connectivity index (χ2v) is 5.29. The molecule has 1 rings (SSSR count). The number of halogens is 1. The summed E-state index contributed by atoms with van der Waals surface area (Å²) in [6, 6.07) is 6.48. The SMILES string of the molecule is CCCC(CC(=O)NCCCCOC)c1ccc(F)cc1. The van der Waals surface area contributed by atoms with Crippen LogP contribution in [0.1, 0.15) is 50.5 Å². The smallest absolute Gasteiger partial charge is 0.220 e. The minimum atomic E-state index is -0.239. The molecule has 1 N–H and O–H groups in total. The van der Waals surface area contributed by atoms with E-state index in [1.165, 1.54) is 12.1 Å². The highest BCUT2D eigenvalue weighted by molar-refractivity contribution is 5.76. The molecule has 0 aliphatic heterocycles. The molecule has 1 aromatic carbocycles. The molecule has 0 radical (unpaired) electrons. The van der Waals surface area contributed by atoms with Crippen LogP contribution >= 0.6 is 0 Å². The fraction of sp³-hybridized carbons (Fsp3) is 0.588. The van der Waals surface area contributed by atoms with Crippen molar-refractivity contribution >= 4 is 5.91 Å². The predicted octanol–water partition coefficient (Wildman–Crippen LogP) is 3.64. The van der Waals surface area contributed by atoms with Crippen molar-refractivity contribution in [2.24, 2.45) is 0 Å². The highest BCUT2D eigenvalue weighted by Gasteiger charge is 2.15. The first-order valence-corrected chi connectivity index (χ1v) is 7.68. The Morgan fingerprint density at radius 2 is 2.00 bits per heavy atom. The van der Waals surface area contributed by atoms with Gasteiger partial charge in [-0.15, -0.1) is 0 Å². The van der Waals surface area contributed by atoms with E-state index in [1.54, 1.807) is 19.2 Å². The Labute approximate surface area is 126 Å². The topological polar surface area (TPSA) is 38.3 Å². The minimum Gasteiger partial charge on any atom is -0.385 e. The van der Waals surface area contributed by atoms with Crippen molar-refractivity contribution < 1.29 is 13.9 Å². The van der Waals surface area contributed by atoms with Crippen LogP contribution in [-0.2, 0) is 9.53 Å². The van der Waals surface area contributed by atoms with Gasteiger partial charge in [0.1, 0.15) is 5.82 Å². The van der Waals surface area contributed by atoms with Crippen LogP contribution in [0.5, 0.6) is 0 Å². The first-order chi connectivity index (χ1) is 10.2. The zero-order valence-electron chi connectivity index (χ0n) is 13.0. The Kier molecular flexibility index (Phi) is 8.67. The van der Waals surface area contributed by atoms with E-state index < -0.39 is 0 Å². The average Bonchev–Trinajstić information content (AvgIpc) is 2.47. The van der Waals surface area contributed by atoms with Crippen molar-refractivity contribution in [3.8, 4) is 0 Å². The maximum absolute atomic E-state index is 13.0. The Morgan fingerprint density at radius 3 is 2.62 bits per heavy atom. The van der Waals surface area contributed by atoms with Crippen molar-refractivity contribution in [1.82, 2.24) is 5.32 Å². The van der Waals surface area contributed by atoms with Crippen molar-refractivity contribution in [3.05, 3.63) is 35.6 Å². The van der Waals surface area contributed by atoms with Crippen LogP contribution in [0, 0.1) is 5.82 Å². The van der Waals surface area contributed by atoms with Gasteiger partial charge in [-0.2, -0.15) is 0 Å². The zero-order chi connectivity index (χ0) is 15.5. The number of ether oxygens (including phenoxy) is 1. The van der Waals surface area contributed by atoms with Gasteiger partial charge in [0.15, 0.2) is 0 Å². The molecule has 0 aromatic heterocycles. The highest BCUT2D eigenvalue weighted by Crippen LogP contribution is 2.25. The van der Waals surface area contributed by atoms with Crippen molar-refractivity contribution in [2.75, 3.05) is 20.3 Å². The van der Waals surface area contributed by atoms with E-state index in [-0.39, 0.29) is 17.6 Å². The average molecular weight is 295 g/mol. The molecule has 0 heterocycles. The zero-order valence-corrected chi connectivity index (χ0v) is 13.0. The summed E-state index contributed by atoms with van der Waals surface area (Å²) >= 11 is 0. The van der Waals surface area contributed by atoms with Gasteiger partial charge in [0, 0.05) is 26.7 Å². The third-order valence-electron chi connectivity index (χ3n) is 3.51. The molecule has 0 fully saturated rings. The standard InChI is InChI=1S/C17H26FNO2/c1-3-6-15(14-7-9-16(18)10-8-14)13-17(20)19-11-4-5-12-21-2/h7-10,15H,3-6,11-13H2,1-2H3,(H,19,20). The molecule has 0 saturated heterocycles. The van der Waals surface area contributed by atoms with E-state index in [2.05, 4.69) is 12.2 Å². The molecular weight excluding hydrogens is 269 g/mol. The summed E-state index contributed by atoms with van der Waals surface area (Å²) in [4.78, 5) is 12.0. The summed E-state index contributed by atoms with van der Waals surface area (Å²) in [5.74, 6) is -0.0126. The molecule has 1 unspecified atom stereocenters. The number of unbranched alkanes of at least 4 members (excludes halogenated alkanes) is 1. The molecule has 118 valence electrons. The van der Waals surface area contributed by atoms with Crippen LogP contribution < -0.4 is 5.32 Å². The van der Waals surface area contributed by atoms with Crippen LogP contribution in [0.4, 0.5) is 4.39 Å². The summed E-state index contributed by atoms with van der Waals surface area (Å²) in [7, 11) is 1.68. The van der Waals surface area contributed by atoms with Gasteiger partial charge in [-0.1, -0.05) is 25.5 Å². The van der Waals surface area contributed by atoms with Crippen LogP contribution in [0.2, 0.25) is 0 Å². The molecular formula is C17H26FNO2. The number of rotatable bonds is 10. The van der Waals surface area contributed by atoms with E-state index in [0.29, 0.717) is 13.0 Å². The molecule has 0 spiro atoms. The Morgan fingerprint density at radius 1 is 1.29 bits per heavy atom. The molecule has 4 heteroatoms. The van der Waals surface area contributed by atoms with E-state index in [4.69, 9.17) is 4.74 Å². The Hall–Kier alpha value is -1.42. The van der Waals surface area contributed by atoms with Gasteiger partial charge in [0.25, 0.3) is 0 Å². The largest absolute Gasteiger partial charge is 0.385 e. The van der Waals surface area contributed by atoms with Gasteiger partial charge in [-0.25, -0.2) is 4.39 Å². The Balaban J connectivity index is 2.42. The predicted molar refractivity (Wildman–Crippen MR) is 82.8 cm³/mol. The molecule has 1 atom stereocenters. The number of benzene rings is 1. The molecule has 0 bridgehead atoms. The summed E-state index contributed by atoms with van der Waals surface area (Å²) in [6.07, 6.45) is 4.28. The minimum absolute atomic E-state index is 0.0650. The van der Waals surface area contributed by atoms with Crippen LogP contribution in [0.25, 0.3) is 0 Å². The number of methoxy groups -OCH3 is 1. The van der Waals surface area contributed by atoms with Gasteiger partial charge < -0.3 is 10.1 Å². The van der Waals surface area contributed by atoms with Crippen LogP contribution in [0.15, 0.2) is 24.3 Å². The lowest BCUT2D eigenvalue weighted by Gasteiger charge is -2.16. The third kappa shape index (κ3) is 7.23. The van der Waals surface area contributed by atoms with Gasteiger partial charge in [0.05, 0.1) is 0 Å². The number of amides is 1. The van der Waals surface area contributed by atoms with Crippen LogP contribution in [-0.4, -0.2) is 26.2 Å². The lowest BCUT2D eigenvalue weighted by Crippen LogP contribution is -2.26. The molecule has 1 aromatic rings. The third-order valence-corrected chi connectivity index (χ3v) is 3.51. The van der Waals surface area contributed by atoms with Gasteiger partial charge >= 0.3 is 0 Å². The summed E-state index contributed by atoms with van der Waals surface area (Å²) < 4.78 is 17.9. The first-order valence-electron chi connectivity index (χ1n) is 7.68. The quantitative estimate of drug-likeness (QED) is 0.669. The van der Waals surface area contributed by atoms with Gasteiger partial charge in [0.2, 0.25) is 5.91 Å². The van der Waals surface area contributed by atoms with Gasteiger partial charge in [-0.3, -0.25) is 4.79 Å². The van der Waals surface area contributed by atoms with Gasteiger partial charge in [-0.05, 0) is 42.9 Å². The van der Waals surface area contributed by atoms with E-state index in [0.717, 1.165) is 37.9 Å². The fourth-order valence-electron chi connectivity index (χ4n) is 2.37. The molecule has 0 saturated carbocycles. The molecule has 0 aliphatic carbocycles. The molecule has 0 aliphatic rings. The second kappa shape index (κ2) is 10.3. The number of nitrogens with one attached hydrogen (secondary N) is 1. The monoisotopic (exact) mass is 295 g/mol. The Bertz CT molecular complexity index is 406.